The summed E-state index contributed by atoms with van der Waals surface area (Å²) in [4.78, 5) is 0. The summed E-state index contributed by atoms with van der Waals surface area (Å²) in [6.45, 7) is 6.82. The largest absolute Gasteiger partial charge is 0.458 e. The molecule has 2 aliphatic heterocycles. The molecule has 2 aromatic heterocycles. The maximum atomic E-state index is 7.26. The Morgan fingerprint density at radius 2 is 1.06 bits per heavy atom. The van der Waals surface area contributed by atoms with Crippen molar-refractivity contribution in [2.24, 2.45) is 0 Å². The highest BCUT2D eigenvalue weighted by molar-refractivity contribution is 6.99. The van der Waals surface area contributed by atoms with E-state index >= 15 is 0 Å². The molecule has 63 heavy (non-hydrogen) atoms. The number of para-hydroxylation sites is 2. The maximum absolute atomic E-state index is 7.26. The zero-order valence-electron chi connectivity index (χ0n) is 35.2. The first kappa shape index (κ1) is 34.1. The molecule has 4 heterocycles. The Labute approximate surface area is 365 Å². The molecular formula is C59H39BN2O. The number of aromatic nitrogens is 2. The SMILES string of the molecule is CC(C)(C)c1ccc(-n2c3ccccc3c3cc4c5c(c6ccccc6n5-c5cccc6c5B4c4cc5c(cc4O6)C4(c6ccccc6-c6ccccc64)c4ccccc4-5)c32)cc1. The van der Waals surface area contributed by atoms with Crippen LogP contribution in [0.3, 0.4) is 0 Å². The van der Waals surface area contributed by atoms with Crippen LogP contribution in [-0.2, 0) is 10.8 Å². The summed E-state index contributed by atoms with van der Waals surface area (Å²) in [7, 11) is 0. The van der Waals surface area contributed by atoms with Gasteiger partial charge in [0.25, 0.3) is 6.71 Å². The smallest absolute Gasteiger partial charge is 0.256 e. The predicted molar refractivity (Wildman–Crippen MR) is 261 cm³/mol. The minimum Gasteiger partial charge on any atom is -0.458 e. The zero-order chi connectivity index (χ0) is 41.5. The molecule has 0 bridgehead atoms. The number of hydrogen-bond acceptors (Lipinski definition) is 1. The van der Waals surface area contributed by atoms with Crippen molar-refractivity contribution >= 4 is 66.7 Å². The average molecular weight is 803 g/mol. The second-order valence-electron chi connectivity index (χ2n) is 19.1. The molecule has 0 amide bonds. The highest BCUT2D eigenvalue weighted by Gasteiger charge is 2.53. The van der Waals surface area contributed by atoms with E-state index in [4.69, 9.17) is 4.74 Å². The van der Waals surface area contributed by atoms with Gasteiger partial charge in [0.05, 0.1) is 27.5 Å². The van der Waals surface area contributed by atoms with Gasteiger partial charge in [-0.2, -0.15) is 0 Å². The maximum Gasteiger partial charge on any atom is 0.256 e. The van der Waals surface area contributed by atoms with E-state index in [9.17, 15) is 0 Å². The van der Waals surface area contributed by atoms with Gasteiger partial charge in [0.1, 0.15) is 11.5 Å². The molecule has 2 aliphatic carbocycles. The van der Waals surface area contributed by atoms with Crippen LogP contribution in [0.15, 0.2) is 182 Å². The molecular weight excluding hydrogens is 763 g/mol. The lowest BCUT2D eigenvalue weighted by Gasteiger charge is -2.35. The molecule has 0 radical (unpaired) electrons. The molecule has 3 nitrogen and oxygen atoms in total. The average Bonchev–Trinajstić information content (AvgIpc) is 4.02. The first-order valence-corrected chi connectivity index (χ1v) is 22.3. The van der Waals surface area contributed by atoms with Gasteiger partial charge in [-0.25, -0.2) is 0 Å². The highest BCUT2D eigenvalue weighted by atomic mass is 16.5. The van der Waals surface area contributed by atoms with E-state index in [2.05, 4.69) is 212 Å². The molecule has 4 aliphatic rings. The van der Waals surface area contributed by atoms with Gasteiger partial charge >= 0.3 is 0 Å². The second kappa shape index (κ2) is 11.5. The Hall–Kier alpha value is -7.56. The highest BCUT2D eigenvalue weighted by Crippen LogP contribution is 2.63. The second-order valence-corrected chi connectivity index (χ2v) is 19.1. The van der Waals surface area contributed by atoms with Crippen LogP contribution in [0.1, 0.15) is 48.6 Å². The van der Waals surface area contributed by atoms with Gasteiger partial charge in [-0.1, -0.05) is 160 Å². The molecule has 0 atom stereocenters. The molecule has 1 spiro atoms. The normalized spacial score (nSPS) is 14.5. The Balaban J connectivity index is 1.07. The van der Waals surface area contributed by atoms with E-state index in [1.165, 1.54) is 121 Å². The topological polar surface area (TPSA) is 19.1 Å². The quantitative estimate of drug-likeness (QED) is 0.151. The van der Waals surface area contributed by atoms with Gasteiger partial charge in [0, 0.05) is 32.9 Å². The fourth-order valence-corrected chi connectivity index (χ4v) is 12.6. The van der Waals surface area contributed by atoms with Crippen LogP contribution < -0.4 is 21.1 Å². The molecule has 0 unspecified atom stereocenters. The van der Waals surface area contributed by atoms with Crippen LogP contribution in [0.25, 0.3) is 77.2 Å². The van der Waals surface area contributed by atoms with Crippen LogP contribution in [0.4, 0.5) is 0 Å². The van der Waals surface area contributed by atoms with Gasteiger partial charge in [-0.15, -0.1) is 0 Å². The molecule has 0 saturated carbocycles. The van der Waals surface area contributed by atoms with E-state index in [-0.39, 0.29) is 12.1 Å². The van der Waals surface area contributed by atoms with E-state index in [0.717, 1.165) is 11.5 Å². The van der Waals surface area contributed by atoms with Gasteiger partial charge < -0.3 is 13.9 Å². The number of rotatable bonds is 1. The van der Waals surface area contributed by atoms with E-state index in [1.807, 2.05) is 0 Å². The van der Waals surface area contributed by atoms with Crippen LogP contribution in [0.2, 0.25) is 0 Å². The summed E-state index contributed by atoms with van der Waals surface area (Å²) in [6.07, 6.45) is 0. The lowest BCUT2D eigenvalue weighted by molar-refractivity contribution is 0.486. The van der Waals surface area contributed by atoms with Gasteiger partial charge in [-0.3, -0.25) is 0 Å². The summed E-state index contributed by atoms with van der Waals surface area (Å²) in [5.74, 6) is 1.87. The van der Waals surface area contributed by atoms with Crippen molar-refractivity contribution in [3.63, 3.8) is 0 Å². The molecule has 294 valence electrons. The molecule has 0 N–H and O–H groups in total. The minimum atomic E-state index is -0.447. The standard InChI is InChI=1S/C59H39BN2O/c1-58(2,3)34-27-29-35(30-28-34)61-49-23-12-7-18-39(49)42-32-48-57-54(56(42)61)40-19-8-13-24-50(40)62(57)51-25-14-26-52-55(51)60(48)47-31-41-38-17-6-11-22-45(38)59(46(41)33-53(47)63-52)43-20-9-4-15-36(43)37-16-5-10-21-44(37)59/h4-33H,1-3H3. The first-order valence-electron chi connectivity index (χ1n) is 22.3. The lowest BCUT2D eigenvalue weighted by atomic mass is 9.34. The van der Waals surface area contributed by atoms with Crippen molar-refractivity contribution in [2.75, 3.05) is 0 Å². The Morgan fingerprint density at radius 3 is 1.75 bits per heavy atom. The van der Waals surface area contributed by atoms with Crippen LogP contribution in [-0.4, -0.2) is 15.8 Å². The summed E-state index contributed by atoms with van der Waals surface area (Å²) in [5.41, 5.74) is 22.6. The fourth-order valence-electron chi connectivity index (χ4n) is 12.6. The van der Waals surface area contributed by atoms with Crippen LogP contribution in [0.5, 0.6) is 11.5 Å². The lowest BCUT2D eigenvalue weighted by Crippen LogP contribution is -2.58. The monoisotopic (exact) mass is 802 g/mol. The van der Waals surface area contributed by atoms with Crippen molar-refractivity contribution in [1.82, 2.24) is 9.13 Å². The number of nitrogens with zero attached hydrogens (tertiary/aromatic N) is 2. The fraction of sp³-hybridized carbons (Fsp3) is 0.0847. The summed E-state index contributed by atoms with van der Waals surface area (Å²) < 4.78 is 12.3. The Morgan fingerprint density at radius 1 is 0.460 bits per heavy atom. The molecule has 9 aromatic carbocycles. The third kappa shape index (κ3) is 4.00. The Kier molecular flexibility index (Phi) is 6.20. The van der Waals surface area contributed by atoms with Crippen molar-refractivity contribution in [3.05, 3.63) is 210 Å². The molecule has 11 aromatic rings. The van der Waals surface area contributed by atoms with Crippen molar-refractivity contribution in [3.8, 4) is 45.1 Å². The van der Waals surface area contributed by atoms with E-state index in [0.29, 0.717) is 0 Å². The minimum absolute atomic E-state index is 0.0472. The van der Waals surface area contributed by atoms with E-state index < -0.39 is 5.41 Å². The zero-order valence-corrected chi connectivity index (χ0v) is 35.2. The molecule has 4 heteroatoms. The molecule has 0 saturated heterocycles. The molecule has 15 rings (SSSR count). The summed E-state index contributed by atoms with van der Waals surface area (Å²) >= 11 is 0. The van der Waals surface area contributed by atoms with Crippen molar-refractivity contribution < 1.29 is 4.74 Å². The van der Waals surface area contributed by atoms with Gasteiger partial charge in [0.2, 0.25) is 0 Å². The van der Waals surface area contributed by atoms with Crippen LogP contribution >= 0.6 is 0 Å². The van der Waals surface area contributed by atoms with Crippen LogP contribution in [0, 0.1) is 0 Å². The number of benzene rings is 9. The number of fused-ring (bicyclic) bond motifs is 21. The van der Waals surface area contributed by atoms with Gasteiger partial charge in [-0.05, 0) is 114 Å². The Bertz CT molecular complexity index is 3830. The molecule has 0 fully saturated rings. The van der Waals surface area contributed by atoms with Gasteiger partial charge in [0.15, 0.2) is 0 Å². The summed E-state index contributed by atoms with van der Waals surface area (Å²) in [6, 6.07) is 68.7. The predicted octanol–water partition coefficient (Wildman–Crippen LogP) is 12.5. The third-order valence-corrected chi connectivity index (χ3v) is 15.1. The van der Waals surface area contributed by atoms with Crippen molar-refractivity contribution in [1.29, 1.82) is 0 Å². The first-order chi connectivity index (χ1) is 30.9. The number of hydrogen-bond donors (Lipinski definition) is 0. The summed E-state index contributed by atoms with van der Waals surface area (Å²) in [5, 5.41) is 5.09. The third-order valence-electron chi connectivity index (χ3n) is 15.1. The van der Waals surface area contributed by atoms with E-state index in [1.54, 1.807) is 0 Å². The van der Waals surface area contributed by atoms with Crippen molar-refractivity contribution in [2.45, 2.75) is 31.6 Å². The number of ether oxygens (including phenoxy) is 1.